The van der Waals surface area contributed by atoms with E-state index in [9.17, 15) is 9.90 Å². The van der Waals surface area contributed by atoms with Crippen molar-refractivity contribution in [3.63, 3.8) is 0 Å². The lowest BCUT2D eigenvalue weighted by Crippen LogP contribution is -2.28. The van der Waals surface area contributed by atoms with Crippen molar-refractivity contribution >= 4 is 17.3 Å². The molecule has 0 spiro atoms. The molecule has 1 unspecified atom stereocenters. The summed E-state index contributed by atoms with van der Waals surface area (Å²) in [5.74, 6) is -0.318. The van der Waals surface area contributed by atoms with Crippen LogP contribution in [0, 0.1) is 6.92 Å². The summed E-state index contributed by atoms with van der Waals surface area (Å²) in [4.78, 5) is 19.1. The Labute approximate surface area is 112 Å². The average Bonchev–Trinajstić information content (AvgIpc) is 2.84. The molecule has 1 aliphatic heterocycles. The minimum atomic E-state index is -0.843. The minimum absolute atomic E-state index is 0.469. The molecule has 4 nitrogen and oxygen atoms in total. The second-order valence-corrected chi connectivity index (χ2v) is 6.68. The Morgan fingerprint density at radius 3 is 2.72 bits per heavy atom. The van der Waals surface area contributed by atoms with Crippen LogP contribution in [0.25, 0.3) is 0 Å². The van der Waals surface area contributed by atoms with Crippen molar-refractivity contribution in [2.24, 2.45) is 0 Å². The van der Waals surface area contributed by atoms with E-state index in [1.807, 2.05) is 6.92 Å². The third kappa shape index (κ3) is 2.29. The monoisotopic (exact) mass is 268 g/mol. The maximum absolute atomic E-state index is 11.3. The van der Waals surface area contributed by atoms with E-state index in [0.717, 1.165) is 35.1 Å². The molecule has 1 aliphatic rings. The second-order valence-electron chi connectivity index (χ2n) is 5.64. The summed E-state index contributed by atoms with van der Waals surface area (Å²) in [5.41, 5.74) is 0.0294. The Balaban J connectivity index is 2.30. The molecular weight excluding hydrogens is 248 g/mol. The number of carboxylic acids is 1. The first-order chi connectivity index (χ1) is 8.32. The van der Waals surface area contributed by atoms with Crippen molar-refractivity contribution in [3.05, 3.63) is 15.6 Å². The number of aryl methyl sites for hydroxylation is 1. The number of nitrogens with zero attached hydrogens (tertiary/aromatic N) is 2. The lowest BCUT2D eigenvalue weighted by atomic mass is 9.91. The molecule has 0 aromatic carbocycles. The predicted molar refractivity (Wildman–Crippen MR) is 72.4 cm³/mol. The van der Waals surface area contributed by atoms with Crippen LogP contribution in [0.3, 0.4) is 0 Å². The van der Waals surface area contributed by atoms with Crippen molar-refractivity contribution in [1.82, 2.24) is 9.88 Å². The fourth-order valence-corrected chi connectivity index (χ4v) is 3.69. The number of aromatic nitrogens is 1. The zero-order chi connectivity index (χ0) is 13.5. The van der Waals surface area contributed by atoms with Gasteiger partial charge in [0.15, 0.2) is 0 Å². The molecule has 1 aromatic rings. The van der Waals surface area contributed by atoms with Gasteiger partial charge in [-0.05, 0) is 40.8 Å². The number of hydrogen-bond acceptors (Lipinski definition) is 4. The SMILES string of the molecule is Cc1nc(C2CCN(C)C2)sc1C(C)(C)C(=O)O. The van der Waals surface area contributed by atoms with Crippen molar-refractivity contribution in [3.8, 4) is 0 Å². The summed E-state index contributed by atoms with van der Waals surface area (Å²) in [6.07, 6.45) is 1.12. The molecule has 1 N–H and O–H groups in total. The molecule has 0 saturated carbocycles. The van der Waals surface area contributed by atoms with Gasteiger partial charge in [-0.3, -0.25) is 4.79 Å². The van der Waals surface area contributed by atoms with Gasteiger partial charge in [0.1, 0.15) is 0 Å². The highest BCUT2D eigenvalue weighted by molar-refractivity contribution is 7.12. The number of rotatable bonds is 3. The van der Waals surface area contributed by atoms with E-state index in [1.165, 1.54) is 0 Å². The maximum Gasteiger partial charge on any atom is 0.314 e. The van der Waals surface area contributed by atoms with E-state index in [1.54, 1.807) is 25.2 Å². The van der Waals surface area contributed by atoms with Crippen LogP contribution >= 0.6 is 11.3 Å². The topological polar surface area (TPSA) is 53.4 Å². The molecule has 0 bridgehead atoms. The first-order valence-corrected chi connectivity index (χ1v) is 7.03. The normalized spacial score (nSPS) is 21.4. The summed E-state index contributed by atoms with van der Waals surface area (Å²) in [7, 11) is 2.11. The molecule has 1 aromatic heterocycles. The number of thiazole rings is 1. The van der Waals surface area contributed by atoms with Gasteiger partial charge in [0, 0.05) is 17.3 Å². The van der Waals surface area contributed by atoms with Crippen molar-refractivity contribution in [1.29, 1.82) is 0 Å². The maximum atomic E-state index is 11.3. The number of likely N-dealkylation sites (tertiary alicyclic amines) is 1. The van der Waals surface area contributed by atoms with Gasteiger partial charge < -0.3 is 10.0 Å². The van der Waals surface area contributed by atoms with Crippen LogP contribution in [0.15, 0.2) is 0 Å². The fraction of sp³-hybridized carbons (Fsp3) is 0.692. The van der Waals surface area contributed by atoms with Gasteiger partial charge >= 0.3 is 5.97 Å². The number of carboxylic acid groups (broad SMARTS) is 1. The standard InChI is InChI=1S/C13H20N2O2S/c1-8-10(13(2,3)12(16)17)18-11(14-8)9-5-6-15(4)7-9/h9H,5-7H2,1-4H3,(H,16,17). The fourth-order valence-electron chi connectivity index (χ4n) is 2.41. The molecule has 0 amide bonds. The molecular formula is C13H20N2O2S. The molecule has 0 aliphatic carbocycles. The first-order valence-electron chi connectivity index (χ1n) is 6.22. The van der Waals surface area contributed by atoms with Gasteiger partial charge in [0.05, 0.1) is 16.1 Å². The van der Waals surface area contributed by atoms with Gasteiger partial charge in [-0.25, -0.2) is 4.98 Å². The summed E-state index contributed by atoms with van der Waals surface area (Å²) < 4.78 is 0. The Hall–Kier alpha value is -0.940. The van der Waals surface area contributed by atoms with Crippen LogP contribution in [-0.2, 0) is 10.2 Å². The van der Waals surface area contributed by atoms with Crippen LogP contribution in [-0.4, -0.2) is 41.1 Å². The van der Waals surface area contributed by atoms with Crippen LogP contribution in [0.4, 0.5) is 0 Å². The summed E-state index contributed by atoms with van der Waals surface area (Å²) in [6, 6.07) is 0. The van der Waals surface area contributed by atoms with Crippen molar-refractivity contribution < 1.29 is 9.90 Å². The third-order valence-corrected chi connectivity index (χ3v) is 5.30. The molecule has 18 heavy (non-hydrogen) atoms. The largest absolute Gasteiger partial charge is 0.481 e. The highest BCUT2D eigenvalue weighted by Gasteiger charge is 2.35. The molecule has 1 fully saturated rings. The lowest BCUT2D eigenvalue weighted by molar-refractivity contribution is -0.142. The van der Waals surface area contributed by atoms with Gasteiger partial charge in [0.25, 0.3) is 0 Å². The van der Waals surface area contributed by atoms with Crippen LogP contribution in [0.1, 0.15) is 41.8 Å². The Morgan fingerprint density at radius 2 is 2.22 bits per heavy atom. The zero-order valence-corrected chi connectivity index (χ0v) is 12.2. The molecule has 1 atom stereocenters. The second kappa shape index (κ2) is 4.63. The van der Waals surface area contributed by atoms with Crippen LogP contribution in [0.2, 0.25) is 0 Å². The predicted octanol–water partition coefficient (Wildman–Crippen LogP) is 2.23. The molecule has 5 heteroatoms. The minimum Gasteiger partial charge on any atom is -0.481 e. The van der Waals surface area contributed by atoms with E-state index >= 15 is 0 Å². The Kier molecular flexibility index (Phi) is 3.47. The molecule has 1 saturated heterocycles. The first kappa shape index (κ1) is 13.5. The van der Waals surface area contributed by atoms with Gasteiger partial charge in [-0.1, -0.05) is 0 Å². The van der Waals surface area contributed by atoms with Crippen molar-refractivity contribution in [2.75, 3.05) is 20.1 Å². The van der Waals surface area contributed by atoms with E-state index in [4.69, 9.17) is 0 Å². The van der Waals surface area contributed by atoms with E-state index < -0.39 is 11.4 Å². The van der Waals surface area contributed by atoms with E-state index in [-0.39, 0.29) is 0 Å². The average molecular weight is 268 g/mol. The molecule has 2 heterocycles. The number of likely N-dealkylation sites (N-methyl/N-ethyl adjacent to an activating group) is 1. The van der Waals surface area contributed by atoms with E-state index in [0.29, 0.717) is 5.92 Å². The highest BCUT2D eigenvalue weighted by atomic mass is 32.1. The van der Waals surface area contributed by atoms with E-state index in [2.05, 4.69) is 16.9 Å². The Morgan fingerprint density at radius 1 is 1.56 bits per heavy atom. The van der Waals surface area contributed by atoms with Crippen LogP contribution < -0.4 is 0 Å². The summed E-state index contributed by atoms with van der Waals surface area (Å²) in [5, 5.41) is 10.4. The van der Waals surface area contributed by atoms with Gasteiger partial charge in [-0.15, -0.1) is 11.3 Å². The van der Waals surface area contributed by atoms with Gasteiger partial charge in [0.2, 0.25) is 0 Å². The molecule has 100 valence electrons. The lowest BCUT2D eigenvalue weighted by Gasteiger charge is -2.17. The summed E-state index contributed by atoms with van der Waals surface area (Å²) in [6.45, 7) is 7.54. The third-order valence-electron chi connectivity index (χ3n) is 3.66. The van der Waals surface area contributed by atoms with Gasteiger partial charge in [-0.2, -0.15) is 0 Å². The van der Waals surface area contributed by atoms with Crippen molar-refractivity contribution in [2.45, 2.75) is 38.5 Å². The summed E-state index contributed by atoms with van der Waals surface area (Å²) >= 11 is 1.58. The zero-order valence-electron chi connectivity index (χ0n) is 11.4. The smallest absolute Gasteiger partial charge is 0.314 e. The number of carbonyl (C=O) groups is 1. The molecule has 0 radical (unpaired) electrons. The number of hydrogen-bond donors (Lipinski definition) is 1. The Bertz CT molecular complexity index is 468. The number of aliphatic carboxylic acids is 1. The quantitative estimate of drug-likeness (QED) is 0.913. The molecule has 2 rings (SSSR count). The highest BCUT2D eigenvalue weighted by Crippen LogP contribution is 2.37. The van der Waals surface area contributed by atoms with Crippen LogP contribution in [0.5, 0.6) is 0 Å².